The van der Waals surface area contributed by atoms with Crippen LogP contribution >= 0.6 is 0 Å². The highest BCUT2D eigenvalue weighted by Gasteiger charge is 2.40. The summed E-state index contributed by atoms with van der Waals surface area (Å²) in [5, 5.41) is 39.7. The van der Waals surface area contributed by atoms with E-state index in [9.17, 15) is 34.2 Å². The van der Waals surface area contributed by atoms with E-state index >= 15 is 0 Å². The molecule has 1 saturated heterocycles. The van der Waals surface area contributed by atoms with Gasteiger partial charge in [0.15, 0.2) is 0 Å². The quantitative estimate of drug-likeness (QED) is 0.0692. The fourth-order valence-corrected chi connectivity index (χ4v) is 6.47. The second-order valence-electron chi connectivity index (χ2n) is 15.0. The second-order valence-corrected chi connectivity index (χ2v) is 15.0. The van der Waals surface area contributed by atoms with E-state index in [0.29, 0.717) is 25.8 Å². The molecule has 11 N–H and O–H groups in total. The molecule has 0 radical (unpaired) electrons. The molecule has 1 heterocycles. The summed E-state index contributed by atoms with van der Waals surface area (Å²) in [5.41, 5.74) is 12.6. The molecule has 5 atom stereocenters. The third-order valence-corrected chi connectivity index (χ3v) is 9.84. The lowest BCUT2D eigenvalue weighted by atomic mass is 9.88. The normalized spacial score (nSPS) is 16.7. The van der Waals surface area contributed by atoms with Gasteiger partial charge in [-0.2, -0.15) is 0 Å². The number of amides is 4. The van der Waals surface area contributed by atoms with Gasteiger partial charge in [-0.05, 0) is 62.1 Å². The SMILES string of the molecule is CC(C)C[C@@H](NC(=O)[C@@H](Cc1ccccc1)NC(=O)[C@H](N)Cc1ccccc1)C(=O)N[C@H](CCCCCNC[C@H](O)CO)C(=O)N1CCC(N)(C(=O)O)CC1. The summed E-state index contributed by atoms with van der Waals surface area (Å²) < 4.78 is 0. The molecule has 3 rings (SSSR count). The van der Waals surface area contributed by atoms with E-state index < -0.39 is 59.5 Å². The van der Waals surface area contributed by atoms with Gasteiger partial charge in [-0.3, -0.25) is 24.0 Å². The maximum Gasteiger partial charge on any atom is 0.323 e. The summed E-state index contributed by atoms with van der Waals surface area (Å²) in [4.78, 5) is 68.5. The van der Waals surface area contributed by atoms with Gasteiger partial charge >= 0.3 is 5.97 Å². The van der Waals surface area contributed by atoms with Crippen LogP contribution < -0.4 is 32.7 Å². The zero-order valence-corrected chi connectivity index (χ0v) is 32.1. The largest absolute Gasteiger partial charge is 0.480 e. The molecule has 2 aromatic rings. The van der Waals surface area contributed by atoms with E-state index in [2.05, 4.69) is 21.3 Å². The number of nitrogens with zero attached hydrogens (tertiary/aromatic N) is 1. The predicted molar refractivity (Wildman–Crippen MR) is 208 cm³/mol. The first-order valence-corrected chi connectivity index (χ1v) is 19.3. The van der Waals surface area contributed by atoms with Crippen LogP contribution in [0.4, 0.5) is 0 Å². The molecular weight excluding hydrogens is 706 g/mol. The molecule has 1 fully saturated rings. The van der Waals surface area contributed by atoms with Crippen LogP contribution in [0.5, 0.6) is 0 Å². The van der Waals surface area contributed by atoms with Crippen molar-refractivity contribution in [2.45, 2.75) is 107 Å². The summed E-state index contributed by atoms with van der Waals surface area (Å²) >= 11 is 0. The van der Waals surface area contributed by atoms with Crippen molar-refractivity contribution in [3.63, 3.8) is 0 Å². The molecule has 0 bridgehead atoms. The van der Waals surface area contributed by atoms with Gasteiger partial charge in [0, 0.05) is 26.1 Å². The molecule has 0 saturated carbocycles. The first-order chi connectivity index (χ1) is 26.2. The van der Waals surface area contributed by atoms with Crippen LogP contribution in [0.3, 0.4) is 0 Å². The standard InChI is InChI=1S/C40H61N7O8/c1-27(2)22-33(46-37(52)34(24-29-14-8-4-9-15-29)45-35(50)31(41)23-28-12-6-3-7-13-28)36(51)44-32(16-10-5-11-19-43-25-30(49)26-48)38(53)47-20-17-40(42,18-21-47)39(54)55/h3-4,6-9,12-15,27,30-34,43,48-49H,5,10-11,16-26,41-42H2,1-2H3,(H,44,51)(H,45,50)(H,46,52)(H,54,55)/t30-,31+,32+,33+,34+/m0/s1. The van der Waals surface area contributed by atoms with Crippen molar-refractivity contribution in [2.75, 3.05) is 32.8 Å². The van der Waals surface area contributed by atoms with Crippen molar-refractivity contribution >= 4 is 29.6 Å². The molecule has 0 unspecified atom stereocenters. The third kappa shape index (κ3) is 15.3. The molecular formula is C40H61N7O8. The Hall–Kier alpha value is -4.41. The zero-order valence-electron chi connectivity index (χ0n) is 32.1. The number of hydrogen-bond donors (Lipinski definition) is 9. The van der Waals surface area contributed by atoms with E-state index in [1.807, 2.05) is 74.5 Å². The molecule has 15 nitrogen and oxygen atoms in total. The molecule has 1 aliphatic rings. The number of nitrogens with two attached hydrogens (primary N) is 2. The monoisotopic (exact) mass is 767 g/mol. The highest BCUT2D eigenvalue weighted by atomic mass is 16.4. The van der Waals surface area contributed by atoms with E-state index in [4.69, 9.17) is 16.6 Å². The second kappa shape index (κ2) is 22.8. The van der Waals surface area contributed by atoms with Crippen molar-refractivity contribution in [3.05, 3.63) is 71.8 Å². The van der Waals surface area contributed by atoms with Crippen LogP contribution in [-0.4, -0.2) is 118 Å². The molecule has 4 amide bonds. The van der Waals surface area contributed by atoms with Crippen LogP contribution in [0, 0.1) is 5.92 Å². The van der Waals surface area contributed by atoms with Gasteiger partial charge in [-0.1, -0.05) is 87.4 Å². The Morgan fingerprint density at radius 2 is 1.33 bits per heavy atom. The van der Waals surface area contributed by atoms with Gasteiger partial charge in [0.2, 0.25) is 23.6 Å². The fourth-order valence-electron chi connectivity index (χ4n) is 6.47. The number of carbonyl (C=O) groups is 5. The van der Waals surface area contributed by atoms with Crippen LogP contribution in [0.15, 0.2) is 60.7 Å². The smallest absolute Gasteiger partial charge is 0.323 e. The maximum absolute atomic E-state index is 14.0. The summed E-state index contributed by atoms with van der Waals surface area (Å²) in [5.74, 6) is -3.16. The molecule has 2 aromatic carbocycles. The lowest BCUT2D eigenvalue weighted by Crippen LogP contribution is -2.60. The number of rotatable bonds is 23. The van der Waals surface area contributed by atoms with Gasteiger partial charge in [-0.15, -0.1) is 0 Å². The Balaban J connectivity index is 1.75. The van der Waals surface area contributed by atoms with Crippen molar-refractivity contribution in [2.24, 2.45) is 17.4 Å². The van der Waals surface area contributed by atoms with Gasteiger partial charge in [0.05, 0.1) is 18.8 Å². The molecule has 0 spiro atoms. The summed E-state index contributed by atoms with van der Waals surface area (Å²) in [6.45, 7) is 4.54. The third-order valence-electron chi connectivity index (χ3n) is 9.84. The molecule has 55 heavy (non-hydrogen) atoms. The molecule has 0 aliphatic carbocycles. The van der Waals surface area contributed by atoms with E-state index in [0.717, 1.165) is 17.5 Å². The number of benzene rings is 2. The van der Waals surface area contributed by atoms with Gasteiger partial charge in [0.25, 0.3) is 0 Å². The number of aliphatic hydroxyl groups is 2. The van der Waals surface area contributed by atoms with E-state index in [1.165, 1.54) is 4.90 Å². The fraction of sp³-hybridized carbons (Fsp3) is 0.575. The minimum atomic E-state index is -1.43. The summed E-state index contributed by atoms with van der Waals surface area (Å²) in [6.07, 6.45) is 2.23. The number of carbonyl (C=O) groups excluding carboxylic acids is 4. The average Bonchev–Trinajstić information content (AvgIpc) is 3.16. The highest BCUT2D eigenvalue weighted by molar-refractivity contribution is 5.95. The van der Waals surface area contributed by atoms with Crippen molar-refractivity contribution in [3.8, 4) is 0 Å². The lowest BCUT2D eigenvalue weighted by molar-refractivity contribution is -0.148. The number of nitrogens with one attached hydrogen (secondary N) is 4. The number of unbranched alkanes of at least 4 members (excludes halogenated alkanes) is 2. The van der Waals surface area contributed by atoms with Crippen molar-refractivity contribution in [1.29, 1.82) is 0 Å². The van der Waals surface area contributed by atoms with Gasteiger partial charge in [-0.25, -0.2) is 0 Å². The average molecular weight is 768 g/mol. The van der Waals surface area contributed by atoms with Crippen molar-refractivity contribution in [1.82, 2.24) is 26.2 Å². The Morgan fingerprint density at radius 1 is 0.782 bits per heavy atom. The first kappa shape index (κ1) is 45.0. The van der Waals surface area contributed by atoms with Gasteiger partial charge in [0.1, 0.15) is 23.7 Å². The summed E-state index contributed by atoms with van der Waals surface area (Å²) in [6, 6.07) is 14.5. The molecule has 0 aromatic heterocycles. The molecule has 15 heteroatoms. The highest BCUT2D eigenvalue weighted by Crippen LogP contribution is 2.22. The molecule has 1 aliphatic heterocycles. The van der Waals surface area contributed by atoms with Crippen LogP contribution in [0.2, 0.25) is 0 Å². The lowest BCUT2D eigenvalue weighted by Gasteiger charge is -2.38. The number of aliphatic hydroxyl groups excluding tert-OH is 2. The Bertz CT molecular complexity index is 1510. The van der Waals surface area contributed by atoms with Crippen molar-refractivity contribution < 1.29 is 39.3 Å². The number of piperidine rings is 1. The summed E-state index contributed by atoms with van der Waals surface area (Å²) in [7, 11) is 0. The van der Waals surface area contributed by atoms with E-state index in [1.54, 1.807) is 0 Å². The van der Waals surface area contributed by atoms with Crippen LogP contribution in [0.25, 0.3) is 0 Å². The predicted octanol–water partition coefficient (Wildman–Crippen LogP) is 0.207. The minimum Gasteiger partial charge on any atom is -0.480 e. The molecule has 304 valence electrons. The Morgan fingerprint density at radius 3 is 1.89 bits per heavy atom. The topological polar surface area (TPSA) is 249 Å². The number of carboxylic acids is 1. The number of hydrogen-bond acceptors (Lipinski definition) is 10. The van der Waals surface area contributed by atoms with Crippen LogP contribution in [-0.2, 0) is 36.8 Å². The van der Waals surface area contributed by atoms with E-state index in [-0.39, 0.29) is 70.2 Å². The van der Waals surface area contributed by atoms with Crippen LogP contribution in [0.1, 0.15) is 69.9 Å². The Kier molecular flexibility index (Phi) is 18.7. The number of likely N-dealkylation sites (tertiary alicyclic amines) is 1. The number of aliphatic carboxylic acids is 1. The first-order valence-electron chi connectivity index (χ1n) is 19.3. The Labute approximate surface area is 324 Å². The zero-order chi connectivity index (χ0) is 40.4. The van der Waals surface area contributed by atoms with Gasteiger partial charge < -0.3 is 53.0 Å². The minimum absolute atomic E-state index is 0.0284. The maximum atomic E-state index is 14.0. The number of carboxylic acid groups (broad SMARTS) is 1.